The van der Waals surface area contributed by atoms with E-state index in [4.69, 9.17) is 11.6 Å². The first kappa shape index (κ1) is 16.6. The van der Waals surface area contributed by atoms with Gasteiger partial charge in [-0.05, 0) is 36.2 Å². The molecule has 132 valence electrons. The molecular weight excluding hydrogens is 350 g/mol. The standard InChI is InChI=1S/C19H18ClN5O/c1-24-11-16(23-12-24)9-22-15-7-17(10-21-8-15)25-5-4-13-6-14(20)2-3-18(13)19(25)26/h2-3,6-8,10-12,22H,4-5,9H2,1H3. The van der Waals surface area contributed by atoms with Crippen LogP contribution in [-0.4, -0.2) is 27.0 Å². The number of carbonyl (C=O) groups is 1. The molecule has 0 fully saturated rings. The van der Waals surface area contributed by atoms with Crippen molar-refractivity contribution in [1.82, 2.24) is 14.5 Å². The number of fused-ring (bicyclic) bond motifs is 1. The fourth-order valence-electron chi connectivity index (χ4n) is 3.13. The largest absolute Gasteiger partial charge is 0.378 e. The Morgan fingerprint density at radius 1 is 1.27 bits per heavy atom. The maximum absolute atomic E-state index is 12.8. The molecule has 0 saturated carbocycles. The summed E-state index contributed by atoms with van der Waals surface area (Å²) in [7, 11) is 1.94. The Balaban J connectivity index is 1.53. The first-order chi connectivity index (χ1) is 12.6. The molecule has 0 saturated heterocycles. The van der Waals surface area contributed by atoms with Crippen molar-refractivity contribution >= 4 is 28.9 Å². The van der Waals surface area contributed by atoms with Gasteiger partial charge in [-0.1, -0.05) is 11.6 Å². The van der Waals surface area contributed by atoms with Crippen LogP contribution in [0.1, 0.15) is 21.6 Å². The van der Waals surface area contributed by atoms with Crippen molar-refractivity contribution in [2.45, 2.75) is 13.0 Å². The summed E-state index contributed by atoms with van der Waals surface area (Å²) in [6.07, 6.45) is 7.95. The second-order valence-electron chi connectivity index (χ2n) is 6.32. The number of aromatic nitrogens is 3. The maximum Gasteiger partial charge on any atom is 0.258 e. The molecule has 2 aromatic heterocycles. The zero-order valence-electron chi connectivity index (χ0n) is 14.3. The molecule has 4 rings (SSSR count). The molecule has 1 aromatic carbocycles. The lowest BCUT2D eigenvalue weighted by atomic mass is 9.99. The number of amides is 1. The molecule has 0 aliphatic carbocycles. The number of nitrogens with one attached hydrogen (secondary N) is 1. The molecule has 0 unspecified atom stereocenters. The molecule has 1 N–H and O–H groups in total. The van der Waals surface area contributed by atoms with Gasteiger partial charge in [-0.15, -0.1) is 0 Å². The first-order valence-electron chi connectivity index (χ1n) is 8.36. The highest BCUT2D eigenvalue weighted by atomic mass is 35.5. The lowest BCUT2D eigenvalue weighted by molar-refractivity contribution is 0.0980. The Labute approximate surface area is 156 Å². The molecule has 0 bridgehead atoms. The van der Waals surface area contributed by atoms with Crippen LogP contribution in [0.4, 0.5) is 11.4 Å². The lowest BCUT2D eigenvalue weighted by Crippen LogP contribution is -2.37. The van der Waals surface area contributed by atoms with Crippen molar-refractivity contribution in [3.63, 3.8) is 0 Å². The van der Waals surface area contributed by atoms with Crippen LogP contribution in [0.25, 0.3) is 0 Å². The fourth-order valence-corrected chi connectivity index (χ4v) is 3.32. The van der Waals surface area contributed by atoms with Gasteiger partial charge < -0.3 is 14.8 Å². The minimum absolute atomic E-state index is 0.0217. The van der Waals surface area contributed by atoms with Crippen LogP contribution < -0.4 is 10.2 Å². The summed E-state index contributed by atoms with van der Waals surface area (Å²) in [5, 5.41) is 3.96. The van der Waals surface area contributed by atoms with Gasteiger partial charge in [-0.3, -0.25) is 9.78 Å². The Morgan fingerprint density at radius 3 is 2.96 bits per heavy atom. The molecule has 1 aliphatic heterocycles. The van der Waals surface area contributed by atoms with Gasteiger partial charge in [0.2, 0.25) is 0 Å². The van der Waals surface area contributed by atoms with E-state index in [1.807, 2.05) is 29.9 Å². The molecule has 1 amide bonds. The van der Waals surface area contributed by atoms with Crippen molar-refractivity contribution in [3.8, 4) is 0 Å². The minimum atomic E-state index is -0.0217. The van der Waals surface area contributed by atoms with Crippen molar-refractivity contribution in [2.75, 3.05) is 16.8 Å². The number of pyridine rings is 1. The number of benzene rings is 1. The van der Waals surface area contributed by atoms with Crippen LogP contribution in [0.3, 0.4) is 0 Å². The van der Waals surface area contributed by atoms with Crippen molar-refractivity contribution in [2.24, 2.45) is 7.05 Å². The van der Waals surface area contributed by atoms with Gasteiger partial charge in [0.05, 0.1) is 42.3 Å². The van der Waals surface area contributed by atoms with E-state index in [0.717, 1.165) is 29.1 Å². The number of hydrogen-bond acceptors (Lipinski definition) is 4. The van der Waals surface area contributed by atoms with Gasteiger partial charge in [-0.25, -0.2) is 4.98 Å². The van der Waals surface area contributed by atoms with Crippen LogP contribution in [0.15, 0.2) is 49.2 Å². The lowest BCUT2D eigenvalue weighted by Gasteiger charge is -2.28. The summed E-state index contributed by atoms with van der Waals surface area (Å²) in [4.78, 5) is 23.2. The van der Waals surface area contributed by atoms with E-state index in [1.165, 1.54) is 0 Å². The third-order valence-corrected chi connectivity index (χ3v) is 4.65. The second kappa shape index (κ2) is 6.80. The monoisotopic (exact) mass is 367 g/mol. The van der Waals surface area contributed by atoms with Gasteiger partial charge in [0, 0.05) is 30.4 Å². The normalized spacial score (nSPS) is 13.6. The molecular formula is C19H18ClN5O. The maximum atomic E-state index is 12.8. The Kier molecular flexibility index (Phi) is 4.34. The highest BCUT2D eigenvalue weighted by Crippen LogP contribution is 2.27. The van der Waals surface area contributed by atoms with Crippen LogP contribution in [-0.2, 0) is 20.0 Å². The van der Waals surface area contributed by atoms with Gasteiger partial charge in [0.15, 0.2) is 0 Å². The summed E-state index contributed by atoms with van der Waals surface area (Å²) in [6.45, 7) is 1.21. The van der Waals surface area contributed by atoms with Gasteiger partial charge in [-0.2, -0.15) is 0 Å². The number of carbonyl (C=O) groups excluding carboxylic acids is 1. The number of anilines is 2. The predicted molar refractivity (Wildman–Crippen MR) is 102 cm³/mol. The van der Waals surface area contributed by atoms with Crippen LogP contribution in [0.2, 0.25) is 5.02 Å². The second-order valence-corrected chi connectivity index (χ2v) is 6.76. The van der Waals surface area contributed by atoms with E-state index in [9.17, 15) is 4.79 Å². The SMILES string of the molecule is Cn1cnc(CNc2cncc(N3CCc4cc(Cl)ccc4C3=O)c2)c1. The predicted octanol–water partition coefficient (Wildman–Crippen LogP) is 3.28. The summed E-state index contributed by atoms with van der Waals surface area (Å²) in [5.41, 5.74) is 4.27. The number of hydrogen-bond donors (Lipinski definition) is 1. The smallest absolute Gasteiger partial charge is 0.258 e. The molecule has 3 aromatic rings. The van der Waals surface area contributed by atoms with E-state index in [2.05, 4.69) is 15.3 Å². The van der Waals surface area contributed by atoms with Gasteiger partial charge in [0.1, 0.15) is 0 Å². The van der Waals surface area contributed by atoms with E-state index in [-0.39, 0.29) is 5.91 Å². The molecule has 6 nitrogen and oxygen atoms in total. The number of aryl methyl sites for hydroxylation is 1. The average Bonchev–Trinajstić information content (AvgIpc) is 3.06. The van der Waals surface area contributed by atoms with Crippen LogP contribution in [0.5, 0.6) is 0 Å². The summed E-state index contributed by atoms with van der Waals surface area (Å²) in [5.74, 6) is -0.0217. The van der Waals surface area contributed by atoms with Crippen LogP contribution >= 0.6 is 11.6 Å². The average molecular weight is 368 g/mol. The molecule has 0 radical (unpaired) electrons. The number of nitrogens with zero attached hydrogens (tertiary/aromatic N) is 4. The zero-order valence-corrected chi connectivity index (χ0v) is 15.1. The van der Waals surface area contributed by atoms with Gasteiger partial charge in [0.25, 0.3) is 5.91 Å². The summed E-state index contributed by atoms with van der Waals surface area (Å²) in [6, 6.07) is 7.36. The number of halogens is 1. The van der Waals surface area contributed by atoms with E-state index in [1.54, 1.807) is 35.8 Å². The topological polar surface area (TPSA) is 63.1 Å². The third-order valence-electron chi connectivity index (χ3n) is 4.42. The number of rotatable bonds is 4. The first-order valence-corrected chi connectivity index (χ1v) is 8.74. The van der Waals surface area contributed by atoms with Crippen molar-refractivity contribution in [3.05, 3.63) is 71.0 Å². The Bertz CT molecular complexity index is 968. The third kappa shape index (κ3) is 3.28. The van der Waals surface area contributed by atoms with Crippen molar-refractivity contribution < 1.29 is 4.79 Å². The Morgan fingerprint density at radius 2 is 2.15 bits per heavy atom. The molecule has 26 heavy (non-hydrogen) atoms. The highest BCUT2D eigenvalue weighted by Gasteiger charge is 2.25. The highest BCUT2D eigenvalue weighted by molar-refractivity contribution is 6.30. The van der Waals surface area contributed by atoms with E-state index < -0.39 is 0 Å². The molecule has 3 heterocycles. The fraction of sp³-hybridized carbons (Fsp3) is 0.211. The molecule has 0 spiro atoms. The molecule has 1 aliphatic rings. The summed E-state index contributed by atoms with van der Waals surface area (Å²) >= 11 is 6.04. The Hall–Kier alpha value is -2.86. The minimum Gasteiger partial charge on any atom is -0.378 e. The van der Waals surface area contributed by atoms with Crippen molar-refractivity contribution in [1.29, 1.82) is 0 Å². The number of imidazole rings is 1. The zero-order chi connectivity index (χ0) is 18.1. The molecule has 7 heteroatoms. The van der Waals surface area contributed by atoms with E-state index in [0.29, 0.717) is 23.7 Å². The van der Waals surface area contributed by atoms with Crippen LogP contribution in [0, 0.1) is 0 Å². The summed E-state index contributed by atoms with van der Waals surface area (Å²) < 4.78 is 1.90. The van der Waals surface area contributed by atoms with E-state index >= 15 is 0 Å². The molecule has 0 atom stereocenters. The van der Waals surface area contributed by atoms with Gasteiger partial charge >= 0.3 is 0 Å². The quantitative estimate of drug-likeness (QED) is 0.768.